The minimum absolute atomic E-state index is 0.0770. The van der Waals surface area contributed by atoms with E-state index in [1.807, 2.05) is 0 Å². The third kappa shape index (κ3) is 3.96. The molecule has 2 saturated heterocycles. The second-order valence-electron chi connectivity index (χ2n) is 7.24. The number of aliphatic hydroxyl groups excluding tert-OH is 1. The quantitative estimate of drug-likeness (QED) is 0.225. The molecule has 4 rings (SSSR count). The van der Waals surface area contributed by atoms with Gasteiger partial charge in [0.15, 0.2) is 30.5 Å². The number of esters is 2. The van der Waals surface area contributed by atoms with Gasteiger partial charge in [0, 0.05) is 12.6 Å². The minimum atomic E-state index is -1.19. The monoisotopic (exact) mass is 411 g/mol. The first-order valence-electron chi connectivity index (χ1n) is 9.32. The Labute approximate surface area is 164 Å². The van der Waals surface area contributed by atoms with Crippen molar-refractivity contribution >= 4 is 17.8 Å². The second kappa shape index (κ2) is 8.06. The highest BCUT2D eigenvalue weighted by Gasteiger charge is 2.55. The zero-order valence-corrected chi connectivity index (χ0v) is 15.3. The lowest BCUT2D eigenvalue weighted by Gasteiger charge is -2.29. The number of fused-ring (bicyclic) bond motifs is 1. The molecule has 0 amide bonds. The molecule has 158 valence electrons. The van der Waals surface area contributed by atoms with Gasteiger partial charge in [0.2, 0.25) is 0 Å². The number of anilines is 1. The van der Waals surface area contributed by atoms with Gasteiger partial charge in [0.1, 0.15) is 6.10 Å². The summed E-state index contributed by atoms with van der Waals surface area (Å²) in [6.07, 6.45) is -0.0700. The Kier molecular flexibility index (Phi) is 5.50. The highest BCUT2D eigenvalue weighted by molar-refractivity contribution is 6.30. The molecule has 1 unspecified atom stereocenters. The van der Waals surface area contributed by atoms with E-state index in [4.69, 9.17) is 24.2 Å². The van der Waals surface area contributed by atoms with E-state index < -0.39 is 48.5 Å². The normalized spacial score (nSPS) is 30.1. The van der Waals surface area contributed by atoms with Crippen LogP contribution in [0.1, 0.15) is 31.9 Å². The maximum absolute atomic E-state index is 12.2. The van der Waals surface area contributed by atoms with E-state index in [1.54, 1.807) is 5.48 Å². The summed E-state index contributed by atoms with van der Waals surface area (Å²) in [6.45, 7) is -0.130. The Morgan fingerprint density at radius 2 is 1.97 bits per heavy atom. The second-order valence-corrected chi connectivity index (χ2v) is 7.24. The molecule has 29 heavy (non-hydrogen) atoms. The summed E-state index contributed by atoms with van der Waals surface area (Å²) >= 11 is 0. The zero-order valence-electron chi connectivity index (χ0n) is 15.3. The summed E-state index contributed by atoms with van der Waals surface area (Å²) in [4.78, 5) is 39.2. The van der Waals surface area contributed by atoms with Crippen molar-refractivity contribution in [1.29, 1.82) is 0 Å². The average Bonchev–Trinajstić information content (AvgIpc) is 3.00. The molecule has 3 fully saturated rings. The van der Waals surface area contributed by atoms with Crippen LogP contribution in [-0.4, -0.2) is 63.0 Å². The van der Waals surface area contributed by atoms with Crippen LogP contribution in [0.15, 0.2) is 17.1 Å². The van der Waals surface area contributed by atoms with Gasteiger partial charge in [-0.1, -0.05) is 19.3 Å². The average molecular weight is 411 g/mol. The van der Waals surface area contributed by atoms with Crippen molar-refractivity contribution in [2.45, 2.75) is 56.5 Å². The summed E-state index contributed by atoms with van der Waals surface area (Å²) in [5, 5.41) is 18.9. The highest BCUT2D eigenvalue weighted by Crippen LogP contribution is 2.36. The number of carbonyl (C=O) groups excluding carboxylic acids is 2. The number of nitrogens with zero attached hydrogens (tertiary/aromatic N) is 2. The number of nitrogens with one attached hydrogen (secondary N) is 1. The molecule has 2 aliphatic heterocycles. The van der Waals surface area contributed by atoms with Gasteiger partial charge < -0.3 is 24.1 Å². The molecule has 3 aliphatic rings. The Hall–Kier alpha value is -2.54. The number of ether oxygens (including phenoxy) is 4. The smallest absolute Gasteiger partial charge is 0.418 e. The molecule has 12 heteroatoms. The van der Waals surface area contributed by atoms with Gasteiger partial charge in [0.05, 0.1) is 6.61 Å². The maximum Gasteiger partial charge on any atom is 0.418 e. The fraction of sp³-hybridized carbons (Fsp3) is 0.647. The van der Waals surface area contributed by atoms with Gasteiger partial charge >= 0.3 is 17.6 Å². The first-order chi connectivity index (χ1) is 14.0. The van der Waals surface area contributed by atoms with Crippen LogP contribution in [0.5, 0.6) is 0 Å². The SMILES string of the molecule is O=C1O[C@@H]2[C@H](OC1=O)[C@@H](COC(O)CC1CCC1)O[C@H]2n1ccc(NO)nc1=O. The Morgan fingerprint density at radius 3 is 2.59 bits per heavy atom. The molecule has 0 spiro atoms. The molecule has 0 bridgehead atoms. The Morgan fingerprint density at radius 1 is 1.24 bits per heavy atom. The Balaban J connectivity index is 1.49. The number of rotatable bonds is 7. The molecule has 0 aromatic carbocycles. The van der Waals surface area contributed by atoms with E-state index in [2.05, 4.69) is 4.98 Å². The van der Waals surface area contributed by atoms with Crippen LogP contribution in [0, 0.1) is 5.92 Å². The van der Waals surface area contributed by atoms with Crippen molar-refractivity contribution in [3.63, 3.8) is 0 Å². The molecule has 12 nitrogen and oxygen atoms in total. The molecule has 3 N–H and O–H groups in total. The van der Waals surface area contributed by atoms with E-state index >= 15 is 0 Å². The van der Waals surface area contributed by atoms with Gasteiger partial charge in [-0.15, -0.1) is 0 Å². The molecule has 3 heterocycles. The van der Waals surface area contributed by atoms with Crippen LogP contribution < -0.4 is 11.2 Å². The maximum atomic E-state index is 12.2. The molecule has 5 atom stereocenters. The predicted octanol–water partition coefficient (Wildman–Crippen LogP) is -0.696. The van der Waals surface area contributed by atoms with Crippen molar-refractivity contribution in [2.75, 3.05) is 12.1 Å². The van der Waals surface area contributed by atoms with Crippen LogP contribution in [0.3, 0.4) is 0 Å². The molecule has 1 aliphatic carbocycles. The summed E-state index contributed by atoms with van der Waals surface area (Å²) in [7, 11) is 0. The van der Waals surface area contributed by atoms with Crippen molar-refractivity contribution in [3.8, 4) is 0 Å². The lowest BCUT2D eigenvalue weighted by Crippen LogP contribution is -2.49. The van der Waals surface area contributed by atoms with Gasteiger partial charge in [0.25, 0.3) is 0 Å². The third-order valence-corrected chi connectivity index (χ3v) is 5.37. The number of aromatic nitrogens is 2. The first kappa shape index (κ1) is 19.8. The molecule has 0 radical (unpaired) electrons. The van der Waals surface area contributed by atoms with E-state index in [0.29, 0.717) is 12.3 Å². The third-order valence-electron chi connectivity index (χ3n) is 5.37. The predicted molar refractivity (Wildman–Crippen MR) is 91.5 cm³/mol. The summed E-state index contributed by atoms with van der Waals surface area (Å²) in [5.41, 5.74) is 0.969. The zero-order chi connectivity index (χ0) is 20.5. The van der Waals surface area contributed by atoms with Gasteiger partial charge in [-0.05, 0) is 12.0 Å². The summed E-state index contributed by atoms with van der Waals surface area (Å²) in [6, 6.07) is 1.31. The van der Waals surface area contributed by atoms with Crippen molar-refractivity contribution in [1.82, 2.24) is 9.55 Å². The molecule has 1 aromatic heterocycles. The molecule has 1 saturated carbocycles. The number of hydrogen-bond acceptors (Lipinski definition) is 11. The lowest BCUT2D eigenvalue weighted by atomic mass is 9.83. The molecular formula is C17H21N3O9. The van der Waals surface area contributed by atoms with Crippen LogP contribution in [-0.2, 0) is 28.5 Å². The number of aliphatic hydroxyl groups is 1. The van der Waals surface area contributed by atoms with Crippen LogP contribution in [0.4, 0.5) is 5.82 Å². The fourth-order valence-electron chi connectivity index (χ4n) is 3.63. The largest absolute Gasteiger partial charge is 0.447 e. The van der Waals surface area contributed by atoms with Gasteiger partial charge in [-0.2, -0.15) is 4.98 Å². The summed E-state index contributed by atoms with van der Waals surface area (Å²) < 4.78 is 22.5. The number of carbonyl (C=O) groups is 2. The lowest BCUT2D eigenvalue weighted by molar-refractivity contribution is -0.197. The van der Waals surface area contributed by atoms with Gasteiger partial charge in [-0.25, -0.2) is 14.4 Å². The first-order valence-corrected chi connectivity index (χ1v) is 9.32. The molecule has 1 aromatic rings. The van der Waals surface area contributed by atoms with Crippen molar-refractivity contribution in [3.05, 3.63) is 22.7 Å². The number of hydrogen-bond donors (Lipinski definition) is 3. The van der Waals surface area contributed by atoms with Crippen molar-refractivity contribution < 1.29 is 38.9 Å². The Bertz CT molecular complexity index is 840. The minimum Gasteiger partial charge on any atom is -0.447 e. The van der Waals surface area contributed by atoms with Crippen molar-refractivity contribution in [2.24, 2.45) is 5.92 Å². The standard InChI is InChI=1S/C17H21N3O9/c21-11(6-8-2-1-3-8)26-7-9-12-13(29-16(23)15(22)28-12)14(27-9)20-5-4-10(19-25)18-17(20)24/h4-5,8-9,11-14,21,25H,1-3,6-7H2,(H,18,19,24)/t9-,11?,12-,13-,14-/m1/s1. The van der Waals surface area contributed by atoms with Crippen LogP contribution in [0.25, 0.3) is 0 Å². The van der Waals surface area contributed by atoms with E-state index in [0.717, 1.165) is 23.8 Å². The van der Waals surface area contributed by atoms with Crippen LogP contribution in [0.2, 0.25) is 0 Å². The van der Waals surface area contributed by atoms with E-state index in [-0.39, 0.29) is 12.4 Å². The highest BCUT2D eigenvalue weighted by atomic mass is 16.7. The summed E-state index contributed by atoms with van der Waals surface area (Å²) in [5.74, 6) is -2.01. The van der Waals surface area contributed by atoms with Crippen LogP contribution >= 0.6 is 0 Å². The fourth-order valence-corrected chi connectivity index (χ4v) is 3.63. The van der Waals surface area contributed by atoms with Gasteiger partial charge in [-0.3, -0.25) is 15.3 Å². The van der Waals surface area contributed by atoms with E-state index in [1.165, 1.54) is 12.3 Å². The van der Waals surface area contributed by atoms with E-state index in [9.17, 15) is 19.5 Å². The topological polar surface area (TPSA) is 158 Å². The molecular weight excluding hydrogens is 390 g/mol.